The molecule has 2 aromatic carbocycles. The second-order valence-electron chi connectivity index (χ2n) is 10.4. The molecule has 1 fully saturated rings. The molecule has 3 atom stereocenters. The molecular weight excluding hydrogens is 489 g/mol. The van der Waals surface area contributed by atoms with Crippen molar-refractivity contribution < 1.29 is 33.5 Å². The molecule has 0 spiro atoms. The molecule has 10 nitrogen and oxygen atoms in total. The molecule has 0 aromatic heterocycles. The summed E-state index contributed by atoms with van der Waals surface area (Å²) in [4.78, 5) is 37.2. The van der Waals surface area contributed by atoms with Gasteiger partial charge in [-0.2, -0.15) is 0 Å². The van der Waals surface area contributed by atoms with Crippen LogP contribution in [0.2, 0.25) is 0 Å². The molecule has 3 amide bonds. The molecule has 0 radical (unpaired) electrons. The Morgan fingerprint density at radius 3 is 2.05 bits per heavy atom. The Bertz CT molecular complexity index is 1110. The number of aliphatic hydroxyl groups is 1. The third-order valence-corrected chi connectivity index (χ3v) is 6.86. The first-order chi connectivity index (χ1) is 17.8. The number of nitrogens with two attached hydrogens (primary N) is 1. The number of alkyl carbamates (subject to hydrolysis) is 1. The maximum Gasteiger partial charge on any atom is 0.494 e. The summed E-state index contributed by atoms with van der Waals surface area (Å²) in [5, 5.41) is 15.0. The first-order valence-corrected chi connectivity index (χ1v) is 12.5. The fourth-order valence-corrected chi connectivity index (χ4v) is 3.81. The number of primary amides is 1. The summed E-state index contributed by atoms with van der Waals surface area (Å²) in [6.07, 6.45) is -2.04. The molecule has 1 aliphatic rings. The van der Waals surface area contributed by atoms with Crippen LogP contribution in [0.5, 0.6) is 0 Å². The number of nitrogens with one attached hydrogen (secondary N) is 2. The lowest BCUT2D eigenvalue weighted by Gasteiger charge is -2.32. The molecular formula is C27H36BN3O7. The number of hydrogen-bond donors (Lipinski definition) is 4. The maximum atomic E-state index is 12.9. The average molecular weight is 525 g/mol. The van der Waals surface area contributed by atoms with Gasteiger partial charge in [-0.3, -0.25) is 9.59 Å². The first kappa shape index (κ1) is 29.2. The van der Waals surface area contributed by atoms with E-state index in [1.807, 2.05) is 45.9 Å². The van der Waals surface area contributed by atoms with E-state index in [0.29, 0.717) is 0 Å². The second kappa shape index (κ2) is 12.0. The first-order valence-electron chi connectivity index (χ1n) is 12.5. The van der Waals surface area contributed by atoms with Crippen LogP contribution in [0.3, 0.4) is 0 Å². The van der Waals surface area contributed by atoms with E-state index in [1.54, 1.807) is 36.4 Å². The molecule has 2 aromatic rings. The number of carbonyl (C=O) groups excluding carboxylic acids is 3. The van der Waals surface area contributed by atoms with E-state index in [2.05, 4.69) is 10.6 Å². The van der Waals surface area contributed by atoms with Crippen LogP contribution in [-0.2, 0) is 36.7 Å². The van der Waals surface area contributed by atoms with Crippen molar-refractivity contribution in [3.63, 3.8) is 0 Å². The van der Waals surface area contributed by atoms with E-state index >= 15 is 0 Å². The largest absolute Gasteiger partial charge is 0.494 e. The molecule has 1 saturated heterocycles. The Labute approximate surface area is 223 Å². The zero-order valence-electron chi connectivity index (χ0n) is 22.4. The smallest absolute Gasteiger partial charge is 0.445 e. The lowest BCUT2D eigenvalue weighted by Crippen LogP contribution is -2.57. The quantitative estimate of drug-likeness (QED) is 0.340. The molecule has 38 heavy (non-hydrogen) atoms. The number of aliphatic hydroxyl groups excluding tert-OH is 1. The van der Waals surface area contributed by atoms with Gasteiger partial charge < -0.3 is 35.5 Å². The van der Waals surface area contributed by atoms with Gasteiger partial charge in [0.1, 0.15) is 18.7 Å². The SMILES string of the molecule is C[C@@H](O)[C@H](NC(=O)OCc1ccccc1)C(=O)N[C@@H](Cc1ccc(B2OC(C)(C)C(C)(C)O2)cc1)C(N)=O. The summed E-state index contributed by atoms with van der Waals surface area (Å²) in [5.41, 5.74) is 6.92. The van der Waals surface area contributed by atoms with Gasteiger partial charge in [-0.15, -0.1) is 0 Å². The van der Waals surface area contributed by atoms with Gasteiger partial charge in [0.2, 0.25) is 11.8 Å². The highest BCUT2D eigenvalue weighted by atomic mass is 16.7. The Morgan fingerprint density at radius 1 is 0.947 bits per heavy atom. The standard InChI is InChI=1S/C27H36BN3O7/c1-17(32)22(31-25(35)36-16-19-9-7-6-8-10-19)24(34)30-21(23(29)33)15-18-11-13-20(14-12-18)28-37-26(2,3)27(4,5)38-28/h6-14,17,21-22,32H,15-16H2,1-5H3,(H2,29,33)(H,30,34)(H,31,35)/t17-,21+,22+/m1/s1. The highest BCUT2D eigenvalue weighted by molar-refractivity contribution is 6.62. The van der Waals surface area contributed by atoms with Crippen LogP contribution in [0.4, 0.5) is 4.79 Å². The molecule has 1 heterocycles. The lowest BCUT2D eigenvalue weighted by molar-refractivity contribution is -0.130. The number of amides is 3. The van der Waals surface area contributed by atoms with Crippen LogP contribution in [-0.4, -0.2) is 59.5 Å². The highest BCUT2D eigenvalue weighted by Gasteiger charge is 2.51. The van der Waals surface area contributed by atoms with E-state index in [0.717, 1.165) is 16.6 Å². The van der Waals surface area contributed by atoms with Crippen LogP contribution >= 0.6 is 0 Å². The number of carbonyl (C=O) groups is 3. The molecule has 11 heteroatoms. The minimum absolute atomic E-state index is 0.00728. The van der Waals surface area contributed by atoms with Crippen molar-refractivity contribution in [2.75, 3.05) is 0 Å². The van der Waals surface area contributed by atoms with Gasteiger partial charge in [-0.1, -0.05) is 54.6 Å². The summed E-state index contributed by atoms with van der Waals surface area (Å²) in [7, 11) is -0.528. The Morgan fingerprint density at radius 2 is 1.53 bits per heavy atom. The predicted molar refractivity (Wildman–Crippen MR) is 142 cm³/mol. The fraction of sp³-hybridized carbons (Fsp3) is 0.444. The number of hydrogen-bond acceptors (Lipinski definition) is 7. The number of rotatable bonds is 10. The van der Waals surface area contributed by atoms with Crippen molar-refractivity contribution in [1.29, 1.82) is 0 Å². The molecule has 1 aliphatic heterocycles. The molecule has 0 aliphatic carbocycles. The summed E-state index contributed by atoms with van der Waals surface area (Å²) in [5.74, 6) is -1.53. The number of benzene rings is 2. The van der Waals surface area contributed by atoms with Gasteiger partial charge in [-0.05, 0) is 51.2 Å². The van der Waals surface area contributed by atoms with Gasteiger partial charge in [0.25, 0.3) is 0 Å². The minimum Gasteiger partial charge on any atom is -0.445 e. The van der Waals surface area contributed by atoms with E-state index in [4.69, 9.17) is 19.8 Å². The lowest BCUT2D eigenvalue weighted by atomic mass is 9.78. The zero-order chi connectivity index (χ0) is 28.1. The van der Waals surface area contributed by atoms with E-state index in [-0.39, 0.29) is 13.0 Å². The van der Waals surface area contributed by atoms with E-state index in [9.17, 15) is 19.5 Å². The van der Waals surface area contributed by atoms with Gasteiger partial charge in [0.05, 0.1) is 17.3 Å². The minimum atomic E-state index is -1.36. The predicted octanol–water partition coefficient (Wildman–Crippen LogP) is 1.17. The molecule has 0 unspecified atom stereocenters. The molecule has 3 rings (SSSR count). The molecule has 0 saturated carbocycles. The summed E-state index contributed by atoms with van der Waals surface area (Å²) in [6.45, 7) is 9.22. The summed E-state index contributed by atoms with van der Waals surface area (Å²) >= 11 is 0. The van der Waals surface area contributed by atoms with E-state index < -0.39 is 54.4 Å². The molecule has 5 N–H and O–H groups in total. The second-order valence-corrected chi connectivity index (χ2v) is 10.4. The Hall–Kier alpha value is -3.41. The maximum absolute atomic E-state index is 12.9. The molecule has 204 valence electrons. The third kappa shape index (κ3) is 7.34. The van der Waals surface area contributed by atoms with Crippen LogP contribution in [0, 0.1) is 0 Å². The van der Waals surface area contributed by atoms with Crippen LogP contribution in [0.25, 0.3) is 0 Å². The molecule has 0 bridgehead atoms. The zero-order valence-corrected chi connectivity index (χ0v) is 22.4. The Kier molecular flexibility index (Phi) is 9.19. The Balaban J connectivity index is 1.60. The normalized spacial score (nSPS) is 18.2. The van der Waals surface area contributed by atoms with E-state index in [1.165, 1.54) is 6.92 Å². The van der Waals surface area contributed by atoms with Crippen molar-refractivity contribution in [1.82, 2.24) is 10.6 Å². The van der Waals surface area contributed by atoms with Crippen molar-refractivity contribution in [2.24, 2.45) is 5.73 Å². The van der Waals surface area contributed by atoms with Crippen molar-refractivity contribution in [3.8, 4) is 0 Å². The summed E-state index contributed by atoms with van der Waals surface area (Å²) in [6, 6.07) is 13.8. The van der Waals surface area contributed by atoms with Crippen LogP contribution in [0.1, 0.15) is 45.7 Å². The summed E-state index contributed by atoms with van der Waals surface area (Å²) < 4.78 is 17.3. The fourth-order valence-electron chi connectivity index (χ4n) is 3.81. The van der Waals surface area contributed by atoms with Crippen LogP contribution in [0.15, 0.2) is 54.6 Å². The number of ether oxygens (including phenoxy) is 1. The average Bonchev–Trinajstić information content (AvgIpc) is 3.08. The van der Waals surface area contributed by atoms with Gasteiger partial charge >= 0.3 is 13.2 Å². The van der Waals surface area contributed by atoms with Crippen molar-refractivity contribution >= 4 is 30.5 Å². The topological polar surface area (TPSA) is 149 Å². The van der Waals surface area contributed by atoms with Gasteiger partial charge in [0.15, 0.2) is 0 Å². The van der Waals surface area contributed by atoms with Gasteiger partial charge in [0, 0.05) is 6.42 Å². The van der Waals surface area contributed by atoms with Crippen LogP contribution < -0.4 is 21.8 Å². The van der Waals surface area contributed by atoms with Crippen molar-refractivity contribution in [3.05, 3.63) is 65.7 Å². The third-order valence-electron chi connectivity index (χ3n) is 6.86. The highest BCUT2D eigenvalue weighted by Crippen LogP contribution is 2.36. The van der Waals surface area contributed by atoms with Gasteiger partial charge in [-0.25, -0.2) is 4.79 Å². The van der Waals surface area contributed by atoms with Crippen molar-refractivity contribution in [2.45, 2.75) is 77.0 Å². The monoisotopic (exact) mass is 525 g/mol.